The van der Waals surface area contributed by atoms with Gasteiger partial charge in [-0.05, 0) is 54.1 Å². The summed E-state index contributed by atoms with van der Waals surface area (Å²) in [6.07, 6.45) is 1.93. The molecule has 0 aliphatic carbocycles. The molecule has 1 aliphatic rings. The van der Waals surface area contributed by atoms with E-state index in [1.807, 2.05) is 85.1 Å². The topological polar surface area (TPSA) is 74.4 Å². The van der Waals surface area contributed by atoms with Crippen molar-refractivity contribution in [2.24, 2.45) is 0 Å². The molecule has 1 aliphatic heterocycles. The van der Waals surface area contributed by atoms with Gasteiger partial charge in [0.15, 0.2) is 0 Å². The van der Waals surface area contributed by atoms with Crippen molar-refractivity contribution in [3.8, 4) is 11.5 Å². The average Bonchev–Trinajstić information content (AvgIpc) is 3.45. The number of aromatic amines is 1. The molecule has 0 bridgehead atoms. The number of para-hydroxylation sites is 2. The monoisotopic (exact) mass is 473 g/mol. The highest BCUT2D eigenvalue weighted by Gasteiger charge is 2.39. The molecule has 6 heteroatoms. The van der Waals surface area contributed by atoms with Crippen molar-refractivity contribution in [3.63, 3.8) is 0 Å². The lowest BCUT2D eigenvalue weighted by Crippen LogP contribution is -2.36. The fourth-order valence-electron chi connectivity index (χ4n) is 4.77. The van der Waals surface area contributed by atoms with Crippen LogP contribution in [-0.4, -0.2) is 28.2 Å². The van der Waals surface area contributed by atoms with Gasteiger partial charge in [-0.2, -0.15) is 0 Å². The second-order valence-electron chi connectivity index (χ2n) is 8.70. The van der Waals surface area contributed by atoms with Crippen molar-refractivity contribution < 1.29 is 14.3 Å². The number of aromatic nitrogens is 1. The van der Waals surface area contributed by atoms with Gasteiger partial charge in [0.1, 0.15) is 18.0 Å². The van der Waals surface area contributed by atoms with Gasteiger partial charge in [0.25, 0.3) is 5.91 Å². The zero-order valence-electron chi connectivity index (χ0n) is 19.3. The number of carbonyl (C=O) groups is 2. The predicted octanol–water partition coefficient (Wildman–Crippen LogP) is 6.14. The third-order valence-corrected chi connectivity index (χ3v) is 6.41. The zero-order chi connectivity index (χ0) is 24.5. The lowest BCUT2D eigenvalue weighted by molar-refractivity contribution is -0.117. The smallest absolute Gasteiger partial charge is 0.255 e. The molecule has 0 unspecified atom stereocenters. The summed E-state index contributed by atoms with van der Waals surface area (Å²) in [6.45, 7) is -0.0695. The van der Waals surface area contributed by atoms with E-state index in [4.69, 9.17) is 4.74 Å². The molecule has 0 saturated heterocycles. The lowest BCUT2D eigenvalue weighted by atomic mass is 9.97. The van der Waals surface area contributed by atoms with Crippen molar-refractivity contribution in [2.75, 3.05) is 11.9 Å². The van der Waals surface area contributed by atoms with E-state index in [0.29, 0.717) is 17.0 Å². The minimum atomic E-state index is -0.350. The Bertz CT molecular complexity index is 1560. The second-order valence-corrected chi connectivity index (χ2v) is 8.70. The van der Waals surface area contributed by atoms with E-state index >= 15 is 0 Å². The molecule has 6 nitrogen and oxygen atoms in total. The standard InChI is InChI=1S/C30H23N3O3/c34-28(32-20-14-16-22(17-15-20)36-21-8-2-1-3-9-21)19-33-29(24-11-4-5-12-25(24)30(33)35)26-18-31-27-13-7-6-10-23(26)27/h1-18,29,31H,19H2,(H,32,34)/t29-/m0/s1. The van der Waals surface area contributed by atoms with E-state index in [1.54, 1.807) is 29.2 Å². The van der Waals surface area contributed by atoms with E-state index in [2.05, 4.69) is 10.3 Å². The van der Waals surface area contributed by atoms with Crippen LogP contribution >= 0.6 is 0 Å². The number of benzene rings is 4. The molecule has 4 aromatic carbocycles. The van der Waals surface area contributed by atoms with Crippen molar-refractivity contribution in [2.45, 2.75) is 6.04 Å². The number of hydrogen-bond donors (Lipinski definition) is 2. The Labute approximate surface area is 208 Å². The Hall–Kier alpha value is -4.84. The number of hydrogen-bond acceptors (Lipinski definition) is 3. The number of rotatable bonds is 6. The van der Waals surface area contributed by atoms with Gasteiger partial charge < -0.3 is 19.9 Å². The van der Waals surface area contributed by atoms with Crippen molar-refractivity contribution >= 4 is 28.4 Å². The Balaban J connectivity index is 1.22. The summed E-state index contributed by atoms with van der Waals surface area (Å²) in [7, 11) is 0. The van der Waals surface area contributed by atoms with Gasteiger partial charge in [-0.3, -0.25) is 9.59 Å². The number of fused-ring (bicyclic) bond motifs is 2. The highest BCUT2D eigenvalue weighted by Crippen LogP contribution is 2.40. The largest absolute Gasteiger partial charge is 0.457 e. The number of ether oxygens (including phenoxy) is 1. The Morgan fingerprint density at radius 3 is 2.33 bits per heavy atom. The molecule has 0 radical (unpaired) electrons. The molecule has 5 aromatic rings. The molecular formula is C30H23N3O3. The quantitative estimate of drug-likeness (QED) is 0.311. The summed E-state index contributed by atoms with van der Waals surface area (Å²) in [5.74, 6) is 0.994. The van der Waals surface area contributed by atoms with Crippen LogP contribution in [0.3, 0.4) is 0 Å². The molecule has 2 heterocycles. The second kappa shape index (κ2) is 9.07. The van der Waals surface area contributed by atoms with Gasteiger partial charge in [-0.25, -0.2) is 0 Å². The Morgan fingerprint density at radius 1 is 0.806 bits per heavy atom. The van der Waals surface area contributed by atoms with Gasteiger partial charge in [0, 0.05) is 33.9 Å². The lowest BCUT2D eigenvalue weighted by Gasteiger charge is -2.25. The molecule has 2 amide bonds. The van der Waals surface area contributed by atoms with Crippen molar-refractivity contribution in [3.05, 3.63) is 126 Å². The summed E-state index contributed by atoms with van der Waals surface area (Å²) in [5, 5.41) is 3.95. The third kappa shape index (κ3) is 3.99. The number of carbonyl (C=O) groups excluding carboxylic acids is 2. The van der Waals surface area contributed by atoms with Crippen LogP contribution in [0.15, 0.2) is 109 Å². The normalized spacial score (nSPS) is 14.6. The number of amides is 2. The van der Waals surface area contributed by atoms with E-state index in [1.165, 1.54) is 0 Å². The molecular weight excluding hydrogens is 450 g/mol. The highest BCUT2D eigenvalue weighted by atomic mass is 16.5. The van der Waals surface area contributed by atoms with Crippen LogP contribution in [0.25, 0.3) is 10.9 Å². The molecule has 2 N–H and O–H groups in total. The fraction of sp³-hybridized carbons (Fsp3) is 0.0667. The van der Waals surface area contributed by atoms with E-state index in [0.717, 1.165) is 27.8 Å². The number of nitrogens with one attached hydrogen (secondary N) is 2. The van der Waals surface area contributed by atoms with Crippen molar-refractivity contribution in [1.29, 1.82) is 0 Å². The van der Waals surface area contributed by atoms with E-state index < -0.39 is 0 Å². The molecule has 176 valence electrons. The third-order valence-electron chi connectivity index (χ3n) is 6.41. The van der Waals surface area contributed by atoms with Crippen LogP contribution in [0.1, 0.15) is 27.5 Å². The number of H-pyrrole nitrogens is 1. The average molecular weight is 474 g/mol. The van der Waals surface area contributed by atoms with Gasteiger partial charge in [-0.1, -0.05) is 54.6 Å². The maximum Gasteiger partial charge on any atom is 0.255 e. The van der Waals surface area contributed by atoms with Gasteiger partial charge in [0.2, 0.25) is 5.91 Å². The predicted molar refractivity (Wildman–Crippen MR) is 139 cm³/mol. The maximum atomic E-state index is 13.4. The molecule has 1 aromatic heterocycles. The Kier molecular flexibility index (Phi) is 5.46. The fourth-order valence-corrected chi connectivity index (χ4v) is 4.77. The number of anilines is 1. The summed E-state index contributed by atoms with van der Waals surface area (Å²) in [5.41, 5.74) is 4.13. The maximum absolute atomic E-state index is 13.4. The van der Waals surface area contributed by atoms with Gasteiger partial charge >= 0.3 is 0 Å². The first kappa shape index (κ1) is 21.7. The first-order valence-electron chi connectivity index (χ1n) is 11.8. The minimum Gasteiger partial charge on any atom is -0.457 e. The summed E-state index contributed by atoms with van der Waals surface area (Å²) in [6, 6.07) is 31.9. The van der Waals surface area contributed by atoms with Gasteiger partial charge in [-0.15, -0.1) is 0 Å². The van der Waals surface area contributed by atoms with Crippen molar-refractivity contribution in [1.82, 2.24) is 9.88 Å². The van der Waals surface area contributed by atoms with Crippen LogP contribution in [0.4, 0.5) is 5.69 Å². The van der Waals surface area contributed by atoms with E-state index in [-0.39, 0.29) is 24.4 Å². The molecule has 1 atom stereocenters. The van der Waals surface area contributed by atoms with E-state index in [9.17, 15) is 9.59 Å². The molecule has 36 heavy (non-hydrogen) atoms. The molecule has 6 rings (SSSR count). The minimum absolute atomic E-state index is 0.0695. The molecule has 0 saturated carbocycles. The number of nitrogens with zero attached hydrogens (tertiary/aromatic N) is 1. The summed E-state index contributed by atoms with van der Waals surface area (Å²) >= 11 is 0. The SMILES string of the molecule is O=C(CN1C(=O)c2ccccc2[C@H]1c1c[nH]c2ccccc12)Nc1ccc(Oc2ccccc2)cc1. The first-order valence-corrected chi connectivity index (χ1v) is 11.8. The van der Waals surface area contributed by atoms with Crippen LogP contribution in [-0.2, 0) is 4.79 Å². The van der Waals surface area contributed by atoms with Gasteiger partial charge in [0.05, 0.1) is 6.04 Å². The summed E-state index contributed by atoms with van der Waals surface area (Å²) in [4.78, 5) is 31.4. The summed E-state index contributed by atoms with van der Waals surface area (Å²) < 4.78 is 5.82. The van der Waals surface area contributed by atoms with Crippen LogP contribution in [0.2, 0.25) is 0 Å². The molecule has 0 fully saturated rings. The Morgan fingerprint density at radius 2 is 1.50 bits per heavy atom. The van der Waals surface area contributed by atoms with Crippen LogP contribution in [0, 0.1) is 0 Å². The highest BCUT2D eigenvalue weighted by molar-refractivity contribution is 6.04. The van der Waals surface area contributed by atoms with Crippen LogP contribution < -0.4 is 10.1 Å². The zero-order valence-corrected chi connectivity index (χ0v) is 19.3. The first-order chi connectivity index (χ1) is 17.7. The van der Waals surface area contributed by atoms with Crippen LogP contribution in [0.5, 0.6) is 11.5 Å². The molecule has 0 spiro atoms.